The summed E-state index contributed by atoms with van der Waals surface area (Å²) in [5, 5.41) is 0. The molecule has 0 bridgehead atoms. The normalized spacial score (nSPS) is 32.0. The highest BCUT2D eigenvalue weighted by Crippen LogP contribution is 2.52. The minimum Gasteiger partial charge on any atom is -0.356 e. The molecule has 1 N–H and O–H groups in total. The van der Waals surface area contributed by atoms with Crippen molar-refractivity contribution < 1.29 is 21.9 Å². The SMILES string of the molecule is C[C@H]1CCCN1c1nc(N2C[C@@H]3C(CS(=O)O)[C@@H]3C2)cc(C(F)(F)F)n1. The number of anilines is 2. The Morgan fingerprint density at radius 1 is 1.31 bits per heavy atom. The van der Waals surface area contributed by atoms with Crippen LogP contribution in [-0.4, -0.2) is 50.2 Å². The van der Waals surface area contributed by atoms with E-state index < -0.39 is 23.0 Å². The number of halogens is 3. The van der Waals surface area contributed by atoms with Crippen LogP contribution in [0.3, 0.4) is 0 Å². The minimum atomic E-state index is -4.52. The van der Waals surface area contributed by atoms with Crippen LogP contribution in [0.4, 0.5) is 24.9 Å². The van der Waals surface area contributed by atoms with E-state index in [1.54, 1.807) is 0 Å². The molecule has 0 radical (unpaired) electrons. The fourth-order valence-electron chi connectivity index (χ4n) is 4.34. The summed E-state index contributed by atoms with van der Waals surface area (Å²) in [6, 6.07) is 1.15. The summed E-state index contributed by atoms with van der Waals surface area (Å²) >= 11 is -1.82. The highest BCUT2D eigenvalue weighted by atomic mass is 32.2. The molecule has 144 valence electrons. The Kier molecular flexibility index (Phi) is 4.37. The molecule has 2 aliphatic heterocycles. The van der Waals surface area contributed by atoms with Gasteiger partial charge in [-0.2, -0.15) is 18.2 Å². The van der Waals surface area contributed by atoms with E-state index >= 15 is 0 Å². The van der Waals surface area contributed by atoms with E-state index in [0.29, 0.717) is 25.5 Å². The second-order valence-corrected chi connectivity index (χ2v) is 8.45. The van der Waals surface area contributed by atoms with Crippen LogP contribution in [0, 0.1) is 17.8 Å². The van der Waals surface area contributed by atoms with Gasteiger partial charge in [-0.15, -0.1) is 0 Å². The first-order valence-electron chi connectivity index (χ1n) is 8.79. The molecule has 4 rings (SSSR count). The molecule has 26 heavy (non-hydrogen) atoms. The molecule has 0 amide bonds. The van der Waals surface area contributed by atoms with Gasteiger partial charge in [-0.05, 0) is 37.5 Å². The molecular formula is C16H21F3N4O2S. The average molecular weight is 390 g/mol. The van der Waals surface area contributed by atoms with Gasteiger partial charge in [0.1, 0.15) is 5.82 Å². The highest BCUT2D eigenvalue weighted by Gasteiger charge is 2.56. The van der Waals surface area contributed by atoms with Gasteiger partial charge in [0.2, 0.25) is 5.95 Å². The lowest BCUT2D eigenvalue weighted by molar-refractivity contribution is -0.141. The zero-order valence-electron chi connectivity index (χ0n) is 14.3. The maximum Gasteiger partial charge on any atom is 0.433 e. The van der Waals surface area contributed by atoms with E-state index in [1.165, 1.54) is 0 Å². The van der Waals surface area contributed by atoms with Gasteiger partial charge >= 0.3 is 6.18 Å². The molecule has 2 unspecified atom stereocenters. The van der Waals surface area contributed by atoms with Crippen molar-refractivity contribution in [2.45, 2.75) is 32.0 Å². The third kappa shape index (κ3) is 3.28. The van der Waals surface area contributed by atoms with Crippen LogP contribution < -0.4 is 9.80 Å². The van der Waals surface area contributed by atoms with Gasteiger partial charge < -0.3 is 14.4 Å². The summed E-state index contributed by atoms with van der Waals surface area (Å²) in [4.78, 5) is 11.9. The molecule has 1 saturated carbocycles. The number of hydrogen-bond acceptors (Lipinski definition) is 5. The Morgan fingerprint density at radius 2 is 2.00 bits per heavy atom. The van der Waals surface area contributed by atoms with Gasteiger partial charge in [0.15, 0.2) is 16.8 Å². The third-order valence-corrected chi connectivity index (χ3v) is 6.50. The van der Waals surface area contributed by atoms with Crippen molar-refractivity contribution in [1.82, 2.24) is 9.97 Å². The van der Waals surface area contributed by atoms with E-state index in [4.69, 9.17) is 4.55 Å². The number of aromatic nitrogens is 2. The molecular weight excluding hydrogens is 369 g/mol. The molecule has 1 aromatic heterocycles. The Morgan fingerprint density at radius 3 is 2.54 bits per heavy atom. The first-order chi connectivity index (χ1) is 12.2. The highest BCUT2D eigenvalue weighted by molar-refractivity contribution is 7.79. The largest absolute Gasteiger partial charge is 0.433 e. The summed E-state index contributed by atoms with van der Waals surface area (Å²) in [6.45, 7) is 3.80. The summed E-state index contributed by atoms with van der Waals surface area (Å²) < 4.78 is 59.9. The summed E-state index contributed by atoms with van der Waals surface area (Å²) in [5.74, 6) is 1.43. The Bertz CT molecular complexity index is 720. The van der Waals surface area contributed by atoms with Crippen LogP contribution in [0.1, 0.15) is 25.5 Å². The molecule has 10 heteroatoms. The van der Waals surface area contributed by atoms with Crippen molar-refractivity contribution in [3.05, 3.63) is 11.8 Å². The Hall–Kier alpha value is -1.42. The van der Waals surface area contributed by atoms with Gasteiger partial charge in [0.25, 0.3) is 0 Å². The van der Waals surface area contributed by atoms with Gasteiger partial charge in [-0.1, -0.05) is 0 Å². The first kappa shape index (κ1) is 18.0. The molecule has 3 aliphatic rings. The minimum absolute atomic E-state index is 0.127. The van der Waals surface area contributed by atoms with Crippen LogP contribution in [0.2, 0.25) is 0 Å². The van der Waals surface area contributed by atoms with Crippen molar-refractivity contribution in [3.63, 3.8) is 0 Å². The van der Waals surface area contributed by atoms with Crippen molar-refractivity contribution >= 4 is 22.8 Å². The van der Waals surface area contributed by atoms with E-state index in [2.05, 4.69) is 9.97 Å². The number of fused-ring (bicyclic) bond motifs is 1. The molecule has 1 aliphatic carbocycles. The van der Waals surface area contributed by atoms with Crippen molar-refractivity contribution in [2.24, 2.45) is 17.8 Å². The third-order valence-electron chi connectivity index (χ3n) is 5.83. The maximum atomic E-state index is 13.3. The zero-order chi connectivity index (χ0) is 18.6. The summed E-state index contributed by atoms with van der Waals surface area (Å²) in [7, 11) is 0. The number of rotatable bonds is 4. The van der Waals surface area contributed by atoms with Crippen molar-refractivity contribution in [3.8, 4) is 0 Å². The van der Waals surface area contributed by atoms with Crippen molar-refractivity contribution in [2.75, 3.05) is 35.2 Å². The van der Waals surface area contributed by atoms with E-state index in [9.17, 15) is 17.4 Å². The van der Waals surface area contributed by atoms with Crippen LogP contribution in [-0.2, 0) is 17.3 Å². The van der Waals surface area contributed by atoms with Crippen LogP contribution >= 0.6 is 0 Å². The predicted octanol–water partition coefficient (Wildman–Crippen LogP) is 2.39. The second-order valence-electron chi connectivity index (χ2n) is 7.48. The lowest BCUT2D eigenvalue weighted by Crippen LogP contribution is -2.31. The van der Waals surface area contributed by atoms with E-state index in [1.807, 2.05) is 16.7 Å². The molecule has 3 heterocycles. The molecule has 0 aromatic carbocycles. The fourth-order valence-corrected chi connectivity index (χ4v) is 5.16. The summed E-state index contributed by atoms with van der Waals surface area (Å²) in [6.07, 6.45) is -2.68. The lowest BCUT2D eigenvalue weighted by Gasteiger charge is -2.26. The Labute approximate surface area is 152 Å². The predicted molar refractivity (Wildman–Crippen MR) is 91.4 cm³/mol. The molecule has 2 saturated heterocycles. The molecule has 1 aromatic rings. The van der Waals surface area contributed by atoms with E-state index in [-0.39, 0.29) is 35.5 Å². The topological polar surface area (TPSA) is 69.6 Å². The zero-order valence-corrected chi connectivity index (χ0v) is 15.1. The summed E-state index contributed by atoms with van der Waals surface area (Å²) in [5.41, 5.74) is -0.912. The quantitative estimate of drug-likeness (QED) is 0.797. The van der Waals surface area contributed by atoms with Crippen LogP contribution in [0.5, 0.6) is 0 Å². The number of nitrogens with zero attached hydrogens (tertiary/aromatic N) is 4. The van der Waals surface area contributed by atoms with Crippen LogP contribution in [0.15, 0.2) is 6.07 Å². The number of alkyl halides is 3. The number of piperidine rings is 1. The fraction of sp³-hybridized carbons (Fsp3) is 0.750. The Balaban J connectivity index is 1.58. The van der Waals surface area contributed by atoms with Crippen molar-refractivity contribution in [1.29, 1.82) is 0 Å². The molecule has 5 atom stereocenters. The lowest BCUT2D eigenvalue weighted by atomic mass is 10.2. The number of hydrogen-bond donors (Lipinski definition) is 1. The van der Waals surface area contributed by atoms with Crippen LogP contribution in [0.25, 0.3) is 0 Å². The van der Waals surface area contributed by atoms with Gasteiger partial charge in [0.05, 0.1) is 5.75 Å². The average Bonchev–Trinajstić information content (AvgIpc) is 2.95. The van der Waals surface area contributed by atoms with Gasteiger partial charge in [-0.25, -0.2) is 9.19 Å². The molecule has 3 fully saturated rings. The molecule has 0 spiro atoms. The molecule has 6 nitrogen and oxygen atoms in total. The second kappa shape index (κ2) is 6.33. The van der Waals surface area contributed by atoms with E-state index in [0.717, 1.165) is 18.9 Å². The first-order valence-corrected chi connectivity index (χ1v) is 10.1. The smallest absolute Gasteiger partial charge is 0.356 e. The van der Waals surface area contributed by atoms with Gasteiger partial charge in [-0.3, -0.25) is 0 Å². The standard InChI is InChI=1S/C16H21F3N4O2S/c1-9-3-2-4-23(9)15-20-13(16(17,18)19)5-14(21-15)22-6-10-11(7-22)12(10)8-26(24)25/h5,9-12H,2-4,6-8H2,1H3,(H,24,25)/t9-,10-,11+,12?/m0/s1. The monoisotopic (exact) mass is 390 g/mol. The van der Waals surface area contributed by atoms with Gasteiger partial charge in [0, 0.05) is 31.7 Å². The maximum absolute atomic E-state index is 13.3.